The second-order valence-corrected chi connectivity index (χ2v) is 5.57. The summed E-state index contributed by atoms with van der Waals surface area (Å²) in [6.07, 6.45) is 3.27. The molecule has 26 heavy (non-hydrogen) atoms. The fraction of sp³-hybridized carbons (Fsp3) is 0.235. The fourth-order valence-electron chi connectivity index (χ4n) is 2.01. The topological polar surface area (TPSA) is 134 Å². The van der Waals surface area contributed by atoms with E-state index in [0.29, 0.717) is 5.75 Å². The van der Waals surface area contributed by atoms with Crippen LogP contribution in [0.25, 0.3) is 0 Å². The Morgan fingerprint density at radius 1 is 1.15 bits per heavy atom. The highest BCUT2D eigenvalue weighted by atomic mass is 16.6. The first-order chi connectivity index (χ1) is 12.4. The molecule has 0 saturated carbocycles. The Balaban J connectivity index is 2.20. The average molecular weight is 358 g/mol. The van der Waals surface area contributed by atoms with Gasteiger partial charge in [-0.05, 0) is 30.2 Å². The number of nitrogens with zero attached hydrogens (tertiary/aromatic N) is 2. The highest BCUT2D eigenvalue weighted by Gasteiger charge is 2.29. The average Bonchev–Trinajstić information content (AvgIpc) is 2.60. The molecule has 9 nitrogen and oxygen atoms in total. The first-order valence-corrected chi connectivity index (χ1v) is 7.72. The lowest BCUT2D eigenvalue weighted by Gasteiger charge is -2.20. The monoisotopic (exact) mass is 358 g/mol. The van der Waals surface area contributed by atoms with Crippen LogP contribution >= 0.6 is 0 Å². The first kappa shape index (κ1) is 18.8. The molecule has 2 aromatic heterocycles. The molecule has 2 heterocycles. The van der Waals surface area contributed by atoms with Crippen molar-refractivity contribution in [2.24, 2.45) is 11.7 Å². The Kier molecular flexibility index (Phi) is 6.20. The number of nitrogens with one attached hydrogen (secondary N) is 1. The Labute approximate surface area is 149 Å². The number of carbonyl (C=O) groups is 3. The minimum atomic E-state index is -1.21. The van der Waals surface area contributed by atoms with E-state index in [-0.39, 0.29) is 11.4 Å². The van der Waals surface area contributed by atoms with E-state index in [1.807, 2.05) is 5.32 Å². The number of ether oxygens (including phenoxy) is 2. The van der Waals surface area contributed by atoms with E-state index in [1.54, 1.807) is 32.2 Å². The van der Waals surface area contributed by atoms with Crippen molar-refractivity contribution in [2.45, 2.75) is 20.0 Å². The molecule has 0 saturated heterocycles. The molecule has 0 radical (unpaired) electrons. The molecule has 0 spiro atoms. The summed E-state index contributed by atoms with van der Waals surface area (Å²) in [5, 5.41) is 1.90. The van der Waals surface area contributed by atoms with Crippen LogP contribution in [0, 0.1) is 5.92 Å². The third-order valence-corrected chi connectivity index (χ3v) is 3.18. The van der Waals surface area contributed by atoms with E-state index >= 15 is 0 Å². The Morgan fingerprint density at radius 3 is 2.50 bits per heavy atom. The molecule has 0 aromatic carbocycles. The van der Waals surface area contributed by atoms with Crippen LogP contribution in [0.5, 0.6) is 11.6 Å². The van der Waals surface area contributed by atoms with Gasteiger partial charge in [0.2, 0.25) is 5.88 Å². The van der Waals surface area contributed by atoms with Crippen LogP contribution < -0.4 is 15.8 Å². The van der Waals surface area contributed by atoms with Crippen LogP contribution in [0.15, 0.2) is 42.9 Å². The van der Waals surface area contributed by atoms with E-state index in [1.165, 1.54) is 24.5 Å². The molecule has 3 N–H and O–H groups in total. The number of urea groups is 1. The van der Waals surface area contributed by atoms with Gasteiger partial charge in [0, 0.05) is 12.4 Å². The van der Waals surface area contributed by atoms with Crippen LogP contribution in [0.2, 0.25) is 0 Å². The van der Waals surface area contributed by atoms with Crippen LogP contribution in [0.1, 0.15) is 24.2 Å². The van der Waals surface area contributed by atoms with Gasteiger partial charge in [-0.25, -0.2) is 14.6 Å². The molecule has 2 rings (SSSR count). The maximum atomic E-state index is 12.5. The molecule has 136 valence electrons. The first-order valence-electron chi connectivity index (χ1n) is 7.72. The maximum Gasteiger partial charge on any atom is 0.344 e. The third-order valence-electron chi connectivity index (χ3n) is 3.18. The molecule has 0 aliphatic heterocycles. The summed E-state index contributed by atoms with van der Waals surface area (Å²) in [6.45, 7) is 3.32. The van der Waals surface area contributed by atoms with Gasteiger partial charge < -0.3 is 15.2 Å². The number of nitrogens with two attached hydrogens (primary N) is 1. The zero-order valence-electron chi connectivity index (χ0n) is 14.2. The maximum absolute atomic E-state index is 12.5. The van der Waals surface area contributed by atoms with Gasteiger partial charge in [-0.1, -0.05) is 13.8 Å². The second kappa shape index (κ2) is 8.56. The van der Waals surface area contributed by atoms with Crippen LogP contribution in [0.3, 0.4) is 0 Å². The van der Waals surface area contributed by atoms with Gasteiger partial charge in [0.15, 0.2) is 6.10 Å². The predicted molar refractivity (Wildman–Crippen MR) is 90.3 cm³/mol. The molecule has 1 atom stereocenters. The largest absolute Gasteiger partial charge is 0.448 e. The Hall–Kier alpha value is -3.49. The van der Waals surface area contributed by atoms with E-state index < -0.39 is 29.9 Å². The van der Waals surface area contributed by atoms with E-state index in [4.69, 9.17) is 15.2 Å². The van der Waals surface area contributed by atoms with Crippen molar-refractivity contribution in [3.05, 3.63) is 48.4 Å². The predicted octanol–water partition coefficient (Wildman–Crippen LogP) is 1.65. The van der Waals surface area contributed by atoms with Crippen molar-refractivity contribution < 1.29 is 23.9 Å². The van der Waals surface area contributed by atoms with Crippen molar-refractivity contribution in [1.82, 2.24) is 15.3 Å². The molecular formula is C17H18N4O5. The van der Waals surface area contributed by atoms with Crippen molar-refractivity contribution in [2.75, 3.05) is 0 Å². The molecule has 0 aliphatic rings. The van der Waals surface area contributed by atoms with Gasteiger partial charge in [-0.15, -0.1) is 0 Å². The molecule has 9 heteroatoms. The van der Waals surface area contributed by atoms with Crippen molar-refractivity contribution in [3.8, 4) is 11.6 Å². The highest BCUT2D eigenvalue weighted by molar-refractivity contribution is 5.98. The number of rotatable bonds is 6. The van der Waals surface area contributed by atoms with Crippen molar-refractivity contribution >= 4 is 17.9 Å². The number of amides is 3. The van der Waals surface area contributed by atoms with Crippen LogP contribution in [0.4, 0.5) is 4.79 Å². The second-order valence-electron chi connectivity index (χ2n) is 5.57. The lowest BCUT2D eigenvalue weighted by Crippen LogP contribution is -2.45. The van der Waals surface area contributed by atoms with Gasteiger partial charge in [0.1, 0.15) is 11.3 Å². The summed E-state index contributed by atoms with van der Waals surface area (Å²) in [7, 11) is 0. The molecule has 1 unspecified atom stereocenters. The third kappa shape index (κ3) is 5.00. The number of pyridine rings is 2. The number of carbonyl (C=O) groups excluding carboxylic acids is 3. The summed E-state index contributed by atoms with van der Waals surface area (Å²) in [6, 6.07) is 5.26. The number of imide groups is 1. The number of esters is 1. The Bertz CT molecular complexity index is 795. The molecule has 2 aromatic rings. The molecule has 0 fully saturated rings. The molecule has 0 aliphatic carbocycles. The smallest absolute Gasteiger partial charge is 0.344 e. The lowest BCUT2D eigenvalue weighted by molar-refractivity contribution is -0.130. The van der Waals surface area contributed by atoms with Gasteiger partial charge >= 0.3 is 12.0 Å². The summed E-state index contributed by atoms with van der Waals surface area (Å²) in [4.78, 5) is 43.3. The number of aromatic nitrogens is 2. The van der Waals surface area contributed by atoms with Crippen LogP contribution in [-0.2, 0) is 9.53 Å². The van der Waals surface area contributed by atoms with Crippen LogP contribution in [-0.4, -0.2) is 34.0 Å². The minimum absolute atomic E-state index is 0.00307. The summed E-state index contributed by atoms with van der Waals surface area (Å²) in [5.41, 5.74) is 4.96. The van der Waals surface area contributed by atoms with E-state index in [2.05, 4.69) is 9.97 Å². The van der Waals surface area contributed by atoms with E-state index in [0.717, 1.165) is 0 Å². The number of hydrogen-bond acceptors (Lipinski definition) is 7. The van der Waals surface area contributed by atoms with Gasteiger partial charge in [-0.3, -0.25) is 15.1 Å². The van der Waals surface area contributed by atoms with E-state index in [9.17, 15) is 14.4 Å². The number of primary amides is 1. The highest BCUT2D eigenvalue weighted by Crippen LogP contribution is 2.23. The van der Waals surface area contributed by atoms with Gasteiger partial charge in [0.25, 0.3) is 5.91 Å². The number of hydrogen-bond donors (Lipinski definition) is 2. The zero-order valence-corrected chi connectivity index (χ0v) is 14.2. The lowest BCUT2D eigenvalue weighted by atomic mass is 10.1. The quantitative estimate of drug-likeness (QED) is 0.750. The van der Waals surface area contributed by atoms with Crippen molar-refractivity contribution in [3.63, 3.8) is 0 Å². The minimum Gasteiger partial charge on any atom is -0.448 e. The summed E-state index contributed by atoms with van der Waals surface area (Å²) < 4.78 is 10.8. The summed E-state index contributed by atoms with van der Waals surface area (Å²) in [5.74, 6) is -1.64. The summed E-state index contributed by atoms with van der Waals surface area (Å²) >= 11 is 0. The zero-order chi connectivity index (χ0) is 19.1. The molecule has 0 bridgehead atoms. The standard InChI is InChI=1S/C17H18N4O5/c1-10(2)13(14(22)21-17(18)24)26-16(23)12-6-4-8-20-15(12)25-11-5-3-7-19-9-11/h3-10,13H,1-2H3,(H3,18,21,22,24). The SMILES string of the molecule is CC(C)C(OC(=O)c1cccnc1Oc1cccnc1)C(=O)NC(N)=O. The molecule has 3 amide bonds. The molecular weight excluding hydrogens is 340 g/mol. The van der Waals surface area contributed by atoms with Gasteiger partial charge in [-0.2, -0.15) is 0 Å². The fourth-order valence-corrected chi connectivity index (χ4v) is 2.01. The van der Waals surface area contributed by atoms with Gasteiger partial charge in [0.05, 0.1) is 6.20 Å². The Morgan fingerprint density at radius 2 is 1.88 bits per heavy atom. The van der Waals surface area contributed by atoms with Crippen molar-refractivity contribution in [1.29, 1.82) is 0 Å². The normalized spacial score (nSPS) is 11.5.